The summed E-state index contributed by atoms with van der Waals surface area (Å²) in [6, 6.07) is 5.98. The van der Waals surface area contributed by atoms with Crippen LogP contribution in [0.2, 0.25) is 0 Å². The maximum atomic E-state index is 11.6. The SMILES string of the molecule is CCOC(=O)C1Cc2ccc(OC)cc2C1. The highest BCUT2D eigenvalue weighted by Gasteiger charge is 2.28. The first-order valence-electron chi connectivity index (χ1n) is 5.57. The monoisotopic (exact) mass is 220 g/mol. The summed E-state index contributed by atoms with van der Waals surface area (Å²) < 4.78 is 10.2. The van der Waals surface area contributed by atoms with Crippen LogP contribution in [0.4, 0.5) is 0 Å². The average molecular weight is 220 g/mol. The number of rotatable bonds is 3. The molecule has 0 fully saturated rings. The van der Waals surface area contributed by atoms with Crippen molar-refractivity contribution in [3.63, 3.8) is 0 Å². The van der Waals surface area contributed by atoms with Gasteiger partial charge in [-0.3, -0.25) is 4.79 Å². The van der Waals surface area contributed by atoms with E-state index in [2.05, 4.69) is 0 Å². The number of carbonyl (C=O) groups excluding carboxylic acids is 1. The van der Waals surface area contributed by atoms with Crippen LogP contribution in [0.25, 0.3) is 0 Å². The number of benzene rings is 1. The van der Waals surface area contributed by atoms with E-state index in [9.17, 15) is 4.79 Å². The lowest BCUT2D eigenvalue weighted by atomic mass is 10.1. The maximum absolute atomic E-state index is 11.6. The topological polar surface area (TPSA) is 35.5 Å². The molecule has 0 aliphatic heterocycles. The number of hydrogen-bond donors (Lipinski definition) is 0. The van der Waals surface area contributed by atoms with Gasteiger partial charge in [0.25, 0.3) is 0 Å². The molecule has 1 aliphatic carbocycles. The van der Waals surface area contributed by atoms with E-state index in [1.165, 1.54) is 11.1 Å². The molecule has 0 radical (unpaired) electrons. The predicted octanol–water partition coefficient (Wildman–Crippen LogP) is 1.97. The van der Waals surface area contributed by atoms with E-state index < -0.39 is 0 Å². The van der Waals surface area contributed by atoms with Crippen molar-refractivity contribution in [1.29, 1.82) is 0 Å². The molecule has 1 unspecified atom stereocenters. The average Bonchev–Trinajstić information content (AvgIpc) is 2.71. The number of methoxy groups -OCH3 is 1. The van der Waals surface area contributed by atoms with Crippen LogP contribution in [-0.4, -0.2) is 19.7 Å². The van der Waals surface area contributed by atoms with Crippen molar-refractivity contribution in [1.82, 2.24) is 0 Å². The maximum Gasteiger partial charge on any atom is 0.309 e. The Balaban J connectivity index is 2.11. The second kappa shape index (κ2) is 4.56. The number of ether oxygens (including phenoxy) is 2. The quantitative estimate of drug-likeness (QED) is 0.731. The number of carbonyl (C=O) groups is 1. The summed E-state index contributed by atoms with van der Waals surface area (Å²) >= 11 is 0. The molecule has 86 valence electrons. The molecule has 1 aromatic rings. The Labute approximate surface area is 95.4 Å². The van der Waals surface area contributed by atoms with E-state index in [0.29, 0.717) is 6.61 Å². The normalized spacial score (nSPS) is 18.0. The molecular weight excluding hydrogens is 204 g/mol. The van der Waals surface area contributed by atoms with Crippen molar-refractivity contribution in [2.45, 2.75) is 19.8 Å². The smallest absolute Gasteiger partial charge is 0.309 e. The van der Waals surface area contributed by atoms with Crippen LogP contribution in [0.1, 0.15) is 18.1 Å². The van der Waals surface area contributed by atoms with Gasteiger partial charge < -0.3 is 9.47 Å². The van der Waals surface area contributed by atoms with Crippen molar-refractivity contribution >= 4 is 5.97 Å². The zero-order chi connectivity index (χ0) is 11.5. The van der Waals surface area contributed by atoms with Crippen molar-refractivity contribution < 1.29 is 14.3 Å². The van der Waals surface area contributed by atoms with Gasteiger partial charge in [0.1, 0.15) is 5.75 Å². The first kappa shape index (κ1) is 11.0. The van der Waals surface area contributed by atoms with E-state index in [1.807, 2.05) is 25.1 Å². The minimum Gasteiger partial charge on any atom is -0.497 e. The van der Waals surface area contributed by atoms with Crippen LogP contribution in [0, 0.1) is 5.92 Å². The Morgan fingerprint density at radius 3 is 2.81 bits per heavy atom. The van der Waals surface area contributed by atoms with Crippen LogP contribution >= 0.6 is 0 Å². The first-order valence-corrected chi connectivity index (χ1v) is 5.57. The van der Waals surface area contributed by atoms with Crippen molar-refractivity contribution in [3.05, 3.63) is 29.3 Å². The van der Waals surface area contributed by atoms with E-state index in [4.69, 9.17) is 9.47 Å². The number of fused-ring (bicyclic) bond motifs is 1. The van der Waals surface area contributed by atoms with Gasteiger partial charge in [0, 0.05) is 0 Å². The Hall–Kier alpha value is -1.51. The minimum absolute atomic E-state index is 0.0120. The lowest BCUT2D eigenvalue weighted by Crippen LogP contribution is -2.17. The highest BCUT2D eigenvalue weighted by Crippen LogP contribution is 2.30. The fourth-order valence-electron chi connectivity index (χ4n) is 2.15. The molecule has 1 atom stereocenters. The van der Waals surface area contributed by atoms with Crippen LogP contribution in [-0.2, 0) is 22.4 Å². The molecular formula is C13H16O3. The van der Waals surface area contributed by atoms with E-state index in [1.54, 1.807) is 7.11 Å². The van der Waals surface area contributed by atoms with Gasteiger partial charge in [-0.05, 0) is 43.0 Å². The third-order valence-electron chi connectivity index (χ3n) is 2.97. The molecule has 0 spiro atoms. The van der Waals surface area contributed by atoms with Crippen molar-refractivity contribution in [3.8, 4) is 5.75 Å². The van der Waals surface area contributed by atoms with Gasteiger partial charge in [0.05, 0.1) is 19.6 Å². The van der Waals surface area contributed by atoms with E-state index >= 15 is 0 Å². The van der Waals surface area contributed by atoms with Crippen LogP contribution < -0.4 is 4.74 Å². The van der Waals surface area contributed by atoms with Crippen LogP contribution in [0.3, 0.4) is 0 Å². The van der Waals surface area contributed by atoms with Gasteiger partial charge in [0.15, 0.2) is 0 Å². The molecule has 1 aromatic carbocycles. The molecule has 16 heavy (non-hydrogen) atoms. The molecule has 0 saturated heterocycles. The summed E-state index contributed by atoms with van der Waals surface area (Å²) in [6.45, 7) is 2.29. The molecule has 2 rings (SSSR count). The summed E-state index contributed by atoms with van der Waals surface area (Å²) in [5, 5.41) is 0. The van der Waals surface area contributed by atoms with Gasteiger partial charge in [0.2, 0.25) is 0 Å². The summed E-state index contributed by atoms with van der Waals surface area (Å²) in [6.07, 6.45) is 1.56. The molecule has 0 saturated carbocycles. The summed E-state index contributed by atoms with van der Waals surface area (Å²) in [7, 11) is 1.65. The second-order valence-electron chi connectivity index (χ2n) is 3.99. The van der Waals surface area contributed by atoms with Crippen molar-refractivity contribution in [2.24, 2.45) is 5.92 Å². The molecule has 0 aromatic heterocycles. The molecule has 0 heterocycles. The Morgan fingerprint density at radius 1 is 1.38 bits per heavy atom. The van der Waals surface area contributed by atoms with Gasteiger partial charge in [-0.2, -0.15) is 0 Å². The fourth-order valence-corrected chi connectivity index (χ4v) is 2.15. The Morgan fingerprint density at radius 2 is 2.12 bits per heavy atom. The Kier molecular flexibility index (Phi) is 3.13. The molecule has 0 bridgehead atoms. The third kappa shape index (κ3) is 2.03. The lowest BCUT2D eigenvalue weighted by molar-refractivity contribution is -0.147. The zero-order valence-corrected chi connectivity index (χ0v) is 9.66. The van der Waals surface area contributed by atoms with E-state index in [0.717, 1.165) is 18.6 Å². The van der Waals surface area contributed by atoms with Crippen LogP contribution in [0.5, 0.6) is 5.75 Å². The van der Waals surface area contributed by atoms with Crippen LogP contribution in [0.15, 0.2) is 18.2 Å². The highest BCUT2D eigenvalue weighted by atomic mass is 16.5. The molecule has 3 nitrogen and oxygen atoms in total. The summed E-state index contributed by atoms with van der Waals surface area (Å²) in [5.41, 5.74) is 2.44. The standard InChI is InChI=1S/C13H16O3/c1-3-16-13(14)11-6-9-4-5-12(15-2)8-10(9)7-11/h4-5,8,11H,3,6-7H2,1-2H3. The van der Waals surface area contributed by atoms with Crippen molar-refractivity contribution in [2.75, 3.05) is 13.7 Å². The largest absolute Gasteiger partial charge is 0.497 e. The zero-order valence-electron chi connectivity index (χ0n) is 9.66. The molecule has 3 heteroatoms. The predicted molar refractivity (Wildman–Crippen MR) is 60.5 cm³/mol. The summed E-state index contributed by atoms with van der Waals surface area (Å²) in [4.78, 5) is 11.6. The number of esters is 1. The van der Waals surface area contributed by atoms with Gasteiger partial charge >= 0.3 is 5.97 Å². The van der Waals surface area contributed by atoms with Gasteiger partial charge in [-0.1, -0.05) is 6.07 Å². The second-order valence-corrected chi connectivity index (χ2v) is 3.99. The van der Waals surface area contributed by atoms with E-state index in [-0.39, 0.29) is 11.9 Å². The molecule has 0 N–H and O–H groups in total. The highest BCUT2D eigenvalue weighted by molar-refractivity contribution is 5.74. The molecule has 1 aliphatic rings. The number of hydrogen-bond acceptors (Lipinski definition) is 3. The minimum atomic E-state index is -0.0855. The third-order valence-corrected chi connectivity index (χ3v) is 2.97. The first-order chi connectivity index (χ1) is 7.74. The molecule has 0 amide bonds. The Bertz CT molecular complexity index is 398. The fraction of sp³-hybridized carbons (Fsp3) is 0.462. The van der Waals surface area contributed by atoms with Gasteiger partial charge in [-0.15, -0.1) is 0 Å². The summed E-state index contributed by atoms with van der Waals surface area (Å²) in [5.74, 6) is 0.753. The lowest BCUT2D eigenvalue weighted by Gasteiger charge is -2.06. The van der Waals surface area contributed by atoms with Gasteiger partial charge in [-0.25, -0.2) is 0 Å².